The van der Waals surface area contributed by atoms with Gasteiger partial charge in [0.2, 0.25) is 0 Å². The largest absolute Gasteiger partial charge is 0.385 e. The van der Waals surface area contributed by atoms with E-state index in [1.165, 1.54) is 44.2 Å². The highest BCUT2D eigenvalue weighted by molar-refractivity contribution is 5.54. The van der Waals surface area contributed by atoms with Gasteiger partial charge in [-0.1, -0.05) is 37.5 Å². The molecule has 16 heavy (non-hydrogen) atoms. The van der Waals surface area contributed by atoms with Crippen molar-refractivity contribution in [3.05, 3.63) is 29.8 Å². The molecule has 1 saturated carbocycles. The average molecular weight is 215 g/mol. The number of benzene rings is 1. The van der Waals surface area contributed by atoms with Crippen molar-refractivity contribution in [1.29, 1.82) is 0 Å². The van der Waals surface area contributed by atoms with E-state index in [1.54, 1.807) is 5.56 Å². The predicted molar refractivity (Wildman–Crippen MR) is 68.9 cm³/mol. The third-order valence-corrected chi connectivity index (χ3v) is 4.35. The van der Waals surface area contributed by atoms with E-state index in [9.17, 15) is 0 Å². The van der Waals surface area contributed by atoms with Crippen LogP contribution in [0.15, 0.2) is 24.3 Å². The van der Waals surface area contributed by atoms with Crippen molar-refractivity contribution >= 4 is 5.69 Å². The quantitative estimate of drug-likeness (QED) is 0.741. The van der Waals surface area contributed by atoms with Gasteiger partial charge >= 0.3 is 0 Å². The maximum absolute atomic E-state index is 3.53. The van der Waals surface area contributed by atoms with Crippen LogP contribution in [0, 0.1) is 5.92 Å². The van der Waals surface area contributed by atoms with E-state index in [-0.39, 0.29) is 0 Å². The summed E-state index contributed by atoms with van der Waals surface area (Å²) in [6, 6.07) is 8.92. The van der Waals surface area contributed by atoms with Crippen LogP contribution in [0.1, 0.15) is 50.0 Å². The highest BCUT2D eigenvalue weighted by Gasteiger charge is 2.28. The number of hydrogen-bond donors (Lipinski definition) is 1. The third kappa shape index (κ3) is 1.83. The van der Waals surface area contributed by atoms with E-state index < -0.39 is 0 Å². The maximum atomic E-state index is 3.53. The fourth-order valence-electron chi connectivity index (χ4n) is 3.53. The number of hydrogen-bond acceptors (Lipinski definition) is 1. The van der Waals surface area contributed by atoms with Crippen molar-refractivity contribution in [2.75, 3.05) is 11.9 Å². The summed E-state index contributed by atoms with van der Waals surface area (Å²) in [6.45, 7) is 1.16. The first kappa shape index (κ1) is 10.2. The third-order valence-electron chi connectivity index (χ3n) is 4.35. The molecule has 1 aromatic rings. The number of fused-ring (bicyclic) bond motifs is 1. The standard InChI is InChI=1S/C15H21N/c1-2-6-12(7-3-1)13-10-11-16-15-9-5-4-8-14(13)15/h4-5,8-9,12-13,16H,1-3,6-7,10-11H2. The molecule has 0 saturated heterocycles. The van der Waals surface area contributed by atoms with Crippen LogP contribution >= 0.6 is 0 Å². The molecule has 1 nitrogen and oxygen atoms in total. The molecule has 2 aliphatic rings. The summed E-state index contributed by atoms with van der Waals surface area (Å²) >= 11 is 0. The Labute approximate surface area is 98.3 Å². The zero-order valence-corrected chi connectivity index (χ0v) is 9.91. The summed E-state index contributed by atoms with van der Waals surface area (Å²) in [6.07, 6.45) is 8.62. The first-order chi connectivity index (χ1) is 7.95. The SMILES string of the molecule is c1ccc2c(c1)NCCC2C1CCCCC1. The molecule has 0 amide bonds. The summed E-state index contributed by atoms with van der Waals surface area (Å²) in [5, 5.41) is 3.53. The molecule has 1 aliphatic carbocycles. The lowest BCUT2D eigenvalue weighted by atomic mass is 9.74. The smallest absolute Gasteiger partial charge is 0.0375 e. The van der Waals surface area contributed by atoms with Gasteiger partial charge in [0.25, 0.3) is 0 Å². The van der Waals surface area contributed by atoms with Crippen molar-refractivity contribution in [2.45, 2.75) is 44.4 Å². The van der Waals surface area contributed by atoms with Gasteiger partial charge in [0.05, 0.1) is 0 Å². The summed E-state index contributed by atoms with van der Waals surface area (Å²) in [4.78, 5) is 0. The first-order valence-electron chi connectivity index (χ1n) is 6.78. The minimum absolute atomic E-state index is 0.831. The molecule has 86 valence electrons. The lowest BCUT2D eigenvalue weighted by Gasteiger charge is -2.35. The summed E-state index contributed by atoms with van der Waals surface area (Å²) in [5.41, 5.74) is 2.98. The van der Waals surface area contributed by atoms with Gasteiger partial charge in [-0.2, -0.15) is 0 Å². The Morgan fingerprint density at radius 3 is 2.62 bits per heavy atom. The molecule has 0 radical (unpaired) electrons. The fraction of sp³-hybridized carbons (Fsp3) is 0.600. The van der Waals surface area contributed by atoms with E-state index >= 15 is 0 Å². The van der Waals surface area contributed by atoms with Gasteiger partial charge in [-0.15, -0.1) is 0 Å². The van der Waals surface area contributed by atoms with Crippen LogP contribution in [-0.4, -0.2) is 6.54 Å². The predicted octanol–water partition coefficient (Wildman–Crippen LogP) is 4.17. The van der Waals surface area contributed by atoms with Crippen LogP contribution in [0.3, 0.4) is 0 Å². The molecule has 1 heterocycles. The zero-order chi connectivity index (χ0) is 10.8. The molecule has 1 N–H and O–H groups in total. The van der Waals surface area contributed by atoms with Crippen molar-refractivity contribution in [1.82, 2.24) is 0 Å². The molecule has 0 spiro atoms. The Morgan fingerprint density at radius 2 is 1.75 bits per heavy atom. The number of anilines is 1. The second-order valence-electron chi connectivity index (χ2n) is 5.31. The molecule has 0 bridgehead atoms. The second kappa shape index (κ2) is 4.48. The molecule has 1 aromatic carbocycles. The van der Waals surface area contributed by atoms with E-state index in [0.29, 0.717) is 0 Å². The Bertz CT molecular complexity index is 352. The van der Waals surface area contributed by atoms with Crippen LogP contribution in [0.2, 0.25) is 0 Å². The first-order valence-corrected chi connectivity index (χ1v) is 6.78. The Kier molecular flexibility index (Phi) is 2.86. The van der Waals surface area contributed by atoms with Crippen LogP contribution in [0.25, 0.3) is 0 Å². The van der Waals surface area contributed by atoms with Gasteiger partial charge in [-0.25, -0.2) is 0 Å². The minimum atomic E-state index is 0.831. The van der Waals surface area contributed by atoms with Crippen molar-refractivity contribution in [3.8, 4) is 0 Å². The minimum Gasteiger partial charge on any atom is -0.385 e. The Morgan fingerprint density at radius 1 is 0.938 bits per heavy atom. The maximum Gasteiger partial charge on any atom is 0.0375 e. The second-order valence-corrected chi connectivity index (χ2v) is 5.31. The highest BCUT2D eigenvalue weighted by Crippen LogP contribution is 2.42. The van der Waals surface area contributed by atoms with Crippen LogP contribution in [-0.2, 0) is 0 Å². The molecular formula is C15H21N. The van der Waals surface area contributed by atoms with E-state index in [0.717, 1.165) is 18.4 Å². The lowest BCUT2D eigenvalue weighted by molar-refractivity contribution is 0.294. The zero-order valence-electron chi connectivity index (χ0n) is 9.91. The number of nitrogens with one attached hydrogen (secondary N) is 1. The van der Waals surface area contributed by atoms with Crippen LogP contribution < -0.4 is 5.32 Å². The molecule has 3 rings (SSSR count). The Hall–Kier alpha value is -0.980. The summed E-state index contributed by atoms with van der Waals surface area (Å²) < 4.78 is 0. The van der Waals surface area contributed by atoms with Gasteiger partial charge in [-0.3, -0.25) is 0 Å². The fourth-order valence-corrected chi connectivity index (χ4v) is 3.53. The van der Waals surface area contributed by atoms with Crippen LogP contribution in [0.5, 0.6) is 0 Å². The van der Waals surface area contributed by atoms with Gasteiger partial charge in [0.1, 0.15) is 0 Å². The van der Waals surface area contributed by atoms with Crippen molar-refractivity contribution in [3.63, 3.8) is 0 Å². The normalized spacial score (nSPS) is 25.9. The highest BCUT2D eigenvalue weighted by atomic mass is 14.9. The molecule has 1 unspecified atom stereocenters. The summed E-state index contributed by atoms with van der Waals surface area (Å²) in [5.74, 6) is 1.79. The number of para-hydroxylation sites is 1. The van der Waals surface area contributed by atoms with Gasteiger partial charge in [-0.05, 0) is 42.7 Å². The molecule has 0 aromatic heterocycles. The number of rotatable bonds is 1. The van der Waals surface area contributed by atoms with Gasteiger partial charge in [0.15, 0.2) is 0 Å². The molecule has 1 aliphatic heterocycles. The molecule has 1 heteroatoms. The van der Waals surface area contributed by atoms with E-state index in [4.69, 9.17) is 0 Å². The molecule has 1 atom stereocenters. The monoisotopic (exact) mass is 215 g/mol. The van der Waals surface area contributed by atoms with Crippen molar-refractivity contribution < 1.29 is 0 Å². The van der Waals surface area contributed by atoms with Gasteiger partial charge in [0, 0.05) is 12.2 Å². The Balaban J connectivity index is 1.86. The van der Waals surface area contributed by atoms with Crippen LogP contribution in [0.4, 0.5) is 5.69 Å². The van der Waals surface area contributed by atoms with E-state index in [1.807, 2.05) is 0 Å². The molecule has 1 fully saturated rings. The average Bonchev–Trinajstić information content (AvgIpc) is 2.39. The summed E-state index contributed by atoms with van der Waals surface area (Å²) in [7, 11) is 0. The topological polar surface area (TPSA) is 12.0 Å². The van der Waals surface area contributed by atoms with Crippen molar-refractivity contribution in [2.24, 2.45) is 5.92 Å². The van der Waals surface area contributed by atoms with E-state index in [2.05, 4.69) is 29.6 Å². The van der Waals surface area contributed by atoms with Gasteiger partial charge < -0.3 is 5.32 Å². The lowest BCUT2D eigenvalue weighted by Crippen LogP contribution is -2.24. The molecular weight excluding hydrogens is 194 g/mol.